The van der Waals surface area contributed by atoms with Crippen molar-refractivity contribution < 1.29 is 9.53 Å². The third-order valence-corrected chi connectivity index (χ3v) is 5.66. The van der Waals surface area contributed by atoms with Gasteiger partial charge in [-0.1, -0.05) is 30.3 Å². The Labute approximate surface area is 177 Å². The highest BCUT2D eigenvalue weighted by Gasteiger charge is 2.25. The van der Waals surface area contributed by atoms with Gasteiger partial charge in [0.05, 0.1) is 13.5 Å². The van der Waals surface area contributed by atoms with Gasteiger partial charge in [-0.25, -0.2) is 0 Å². The fourth-order valence-corrected chi connectivity index (χ4v) is 4.10. The molecule has 1 amide bonds. The summed E-state index contributed by atoms with van der Waals surface area (Å²) < 4.78 is 5.48. The Balaban J connectivity index is 1.44. The topological polar surface area (TPSA) is 55.3 Å². The minimum atomic E-state index is 0.165. The lowest BCUT2D eigenvalue weighted by Crippen LogP contribution is -2.40. The fraction of sp³-hybridized carbons (Fsp3) is 0.320. The number of pyridine rings is 2. The number of aromatic nitrogens is 2. The van der Waals surface area contributed by atoms with Crippen molar-refractivity contribution in [2.75, 3.05) is 20.2 Å². The molecule has 3 aromatic rings. The number of carbonyl (C=O) groups excluding carboxylic acids is 1. The number of ether oxygens (including phenoxy) is 1. The van der Waals surface area contributed by atoms with Crippen LogP contribution in [-0.4, -0.2) is 41.0 Å². The summed E-state index contributed by atoms with van der Waals surface area (Å²) in [6.45, 7) is 1.54. The Hall–Kier alpha value is -3.21. The molecule has 3 heterocycles. The van der Waals surface area contributed by atoms with Crippen LogP contribution in [0.2, 0.25) is 0 Å². The van der Waals surface area contributed by atoms with Gasteiger partial charge in [0.25, 0.3) is 0 Å². The summed E-state index contributed by atoms with van der Waals surface area (Å²) in [7, 11) is 1.70. The second kappa shape index (κ2) is 9.53. The molecule has 5 nitrogen and oxygen atoms in total. The maximum absolute atomic E-state index is 12.8. The van der Waals surface area contributed by atoms with Crippen molar-refractivity contribution in [3.8, 4) is 5.75 Å². The van der Waals surface area contributed by atoms with E-state index in [2.05, 4.69) is 29.2 Å². The van der Waals surface area contributed by atoms with Gasteiger partial charge in [-0.05, 0) is 42.7 Å². The number of nitrogens with zero attached hydrogens (tertiary/aromatic N) is 3. The molecule has 1 fully saturated rings. The molecule has 1 aliphatic rings. The number of para-hydroxylation sites is 1. The lowest BCUT2D eigenvalue weighted by atomic mass is 9.93. The van der Waals surface area contributed by atoms with E-state index in [4.69, 9.17) is 9.72 Å². The summed E-state index contributed by atoms with van der Waals surface area (Å²) in [6.07, 6.45) is 6.69. The zero-order chi connectivity index (χ0) is 20.8. The average molecular weight is 402 g/mol. The van der Waals surface area contributed by atoms with Crippen molar-refractivity contribution in [2.24, 2.45) is 0 Å². The van der Waals surface area contributed by atoms with Crippen LogP contribution >= 0.6 is 0 Å². The van der Waals surface area contributed by atoms with E-state index in [1.165, 1.54) is 0 Å². The molecule has 5 heteroatoms. The van der Waals surface area contributed by atoms with E-state index in [1.807, 2.05) is 35.2 Å². The fourth-order valence-electron chi connectivity index (χ4n) is 4.10. The highest BCUT2D eigenvalue weighted by atomic mass is 16.5. The molecule has 2 aromatic heterocycles. The monoisotopic (exact) mass is 401 g/mol. The van der Waals surface area contributed by atoms with Crippen LogP contribution < -0.4 is 4.74 Å². The molecule has 0 saturated carbocycles. The smallest absolute Gasteiger partial charge is 0.227 e. The van der Waals surface area contributed by atoms with E-state index < -0.39 is 0 Å². The van der Waals surface area contributed by atoms with Gasteiger partial charge in [0.1, 0.15) is 5.75 Å². The molecule has 0 bridgehead atoms. The Kier molecular flexibility index (Phi) is 6.38. The molecule has 0 N–H and O–H groups in total. The summed E-state index contributed by atoms with van der Waals surface area (Å²) in [5.41, 5.74) is 4.18. The number of methoxy groups -OCH3 is 1. The van der Waals surface area contributed by atoms with E-state index in [0.717, 1.165) is 60.6 Å². The van der Waals surface area contributed by atoms with E-state index in [9.17, 15) is 4.79 Å². The van der Waals surface area contributed by atoms with Crippen LogP contribution in [0.15, 0.2) is 67.0 Å². The van der Waals surface area contributed by atoms with Crippen molar-refractivity contribution in [3.63, 3.8) is 0 Å². The predicted octanol–water partition coefficient (Wildman–Crippen LogP) is 4.02. The Morgan fingerprint density at radius 3 is 2.87 bits per heavy atom. The molecule has 1 aliphatic heterocycles. The first-order valence-electron chi connectivity index (χ1n) is 10.5. The molecule has 0 spiro atoms. The summed E-state index contributed by atoms with van der Waals surface area (Å²) in [5.74, 6) is 1.32. The van der Waals surface area contributed by atoms with Crippen LogP contribution in [0.1, 0.15) is 41.3 Å². The minimum absolute atomic E-state index is 0.165. The summed E-state index contributed by atoms with van der Waals surface area (Å²) >= 11 is 0. The zero-order valence-electron chi connectivity index (χ0n) is 17.3. The zero-order valence-corrected chi connectivity index (χ0v) is 17.3. The molecule has 30 heavy (non-hydrogen) atoms. The third-order valence-electron chi connectivity index (χ3n) is 5.66. The number of amides is 1. The van der Waals surface area contributed by atoms with Crippen LogP contribution in [0.4, 0.5) is 0 Å². The van der Waals surface area contributed by atoms with Crippen LogP contribution in [-0.2, 0) is 17.6 Å². The Morgan fingerprint density at radius 2 is 2.03 bits per heavy atom. The summed E-state index contributed by atoms with van der Waals surface area (Å²) in [5, 5.41) is 0. The van der Waals surface area contributed by atoms with E-state index >= 15 is 0 Å². The highest BCUT2D eigenvalue weighted by molar-refractivity contribution is 5.78. The average Bonchev–Trinajstić information content (AvgIpc) is 2.80. The molecule has 1 saturated heterocycles. The number of piperidine rings is 1. The molecule has 0 radical (unpaired) electrons. The highest BCUT2D eigenvalue weighted by Crippen LogP contribution is 2.27. The van der Waals surface area contributed by atoms with E-state index in [-0.39, 0.29) is 11.8 Å². The van der Waals surface area contributed by atoms with Gasteiger partial charge in [-0.3, -0.25) is 14.8 Å². The molecule has 1 aromatic carbocycles. The number of benzene rings is 1. The third kappa shape index (κ3) is 4.85. The van der Waals surface area contributed by atoms with Gasteiger partial charge in [-0.2, -0.15) is 0 Å². The van der Waals surface area contributed by atoms with Crippen molar-refractivity contribution >= 4 is 5.91 Å². The normalized spacial score (nSPS) is 16.3. The lowest BCUT2D eigenvalue weighted by Gasteiger charge is -2.32. The number of hydrogen-bond donors (Lipinski definition) is 0. The maximum atomic E-state index is 12.8. The Morgan fingerprint density at radius 1 is 1.13 bits per heavy atom. The molecule has 4 rings (SSSR count). The van der Waals surface area contributed by atoms with Gasteiger partial charge < -0.3 is 9.64 Å². The predicted molar refractivity (Wildman–Crippen MR) is 117 cm³/mol. The first kappa shape index (κ1) is 20.1. The standard InChI is InChI=1S/C25H27N3O2/c1-30-24-12-3-2-8-20(24)16-22-10-4-11-23(27-22)21-9-6-14-28(18-21)25(29)15-19-7-5-13-26-17-19/h2-5,7-8,10-13,17,21H,6,9,14-16,18H2,1H3/t21-/m0/s1. The van der Waals surface area contributed by atoms with Gasteiger partial charge in [0.2, 0.25) is 5.91 Å². The molecule has 0 aliphatic carbocycles. The van der Waals surface area contributed by atoms with Crippen LogP contribution in [0.5, 0.6) is 5.75 Å². The molecule has 154 valence electrons. The summed E-state index contributed by atoms with van der Waals surface area (Å²) in [4.78, 5) is 23.8. The molecular formula is C25H27N3O2. The van der Waals surface area contributed by atoms with Gasteiger partial charge in [-0.15, -0.1) is 0 Å². The van der Waals surface area contributed by atoms with E-state index in [0.29, 0.717) is 6.42 Å². The van der Waals surface area contributed by atoms with Crippen molar-refractivity contribution in [2.45, 2.75) is 31.6 Å². The molecule has 1 atom stereocenters. The van der Waals surface area contributed by atoms with Gasteiger partial charge in [0.15, 0.2) is 0 Å². The van der Waals surface area contributed by atoms with Crippen LogP contribution in [0.25, 0.3) is 0 Å². The number of rotatable bonds is 6. The van der Waals surface area contributed by atoms with Crippen LogP contribution in [0.3, 0.4) is 0 Å². The number of carbonyl (C=O) groups is 1. The van der Waals surface area contributed by atoms with E-state index in [1.54, 1.807) is 19.5 Å². The SMILES string of the molecule is COc1ccccc1Cc1cccc([C@H]2CCCN(C(=O)Cc3cccnc3)C2)n1. The first-order valence-corrected chi connectivity index (χ1v) is 10.5. The van der Waals surface area contributed by atoms with Gasteiger partial charge >= 0.3 is 0 Å². The maximum Gasteiger partial charge on any atom is 0.227 e. The summed E-state index contributed by atoms with van der Waals surface area (Å²) in [6, 6.07) is 18.1. The largest absolute Gasteiger partial charge is 0.496 e. The second-order valence-corrected chi connectivity index (χ2v) is 7.76. The molecular weight excluding hydrogens is 374 g/mol. The number of likely N-dealkylation sites (tertiary alicyclic amines) is 1. The quantitative estimate of drug-likeness (QED) is 0.626. The van der Waals surface area contributed by atoms with Crippen molar-refractivity contribution in [1.82, 2.24) is 14.9 Å². The van der Waals surface area contributed by atoms with Gasteiger partial charge in [0, 0.05) is 54.8 Å². The van der Waals surface area contributed by atoms with Crippen molar-refractivity contribution in [3.05, 3.63) is 89.5 Å². The lowest BCUT2D eigenvalue weighted by molar-refractivity contribution is -0.131. The Bertz CT molecular complexity index is 990. The number of hydrogen-bond acceptors (Lipinski definition) is 4. The van der Waals surface area contributed by atoms with Crippen LogP contribution in [0, 0.1) is 0 Å². The minimum Gasteiger partial charge on any atom is -0.496 e. The van der Waals surface area contributed by atoms with Crippen molar-refractivity contribution in [1.29, 1.82) is 0 Å². The second-order valence-electron chi connectivity index (χ2n) is 7.76. The first-order chi connectivity index (χ1) is 14.7. The molecule has 0 unspecified atom stereocenters.